The second-order valence-electron chi connectivity index (χ2n) is 7.81. The molecule has 0 spiro atoms. The van der Waals surface area contributed by atoms with Crippen molar-refractivity contribution in [3.8, 4) is 5.75 Å². The van der Waals surface area contributed by atoms with Gasteiger partial charge in [0, 0.05) is 32.5 Å². The Morgan fingerprint density at radius 3 is 2.57 bits per heavy atom. The Labute approximate surface area is 165 Å². The minimum absolute atomic E-state index is 0.0280. The van der Waals surface area contributed by atoms with Crippen LogP contribution in [-0.4, -0.2) is 64.5 Å². The van der Waals surface area contributed by atoms with Crippen molar-refractivity contribution in [3.05, 3.63) is 28.8 Å². The smallest absolute Gasteiger partial charge is 0.323 e. The molecule has 2 atom stereocenters. The van der Waals surface area contributed by atoms with Crippen molar-refractivity contribution in [3.63, 3.8) is 0 Å². The highest BCUT2D eigenvalue weighted by atomic mass is 16.5. The highest BCUT2D eigenvalue weighted by Gasteiger charge is 2.34. The lowest BCUT2D eigenvalue weighted by molar-refractivity contribution is -0.145. The monoisotopic (exact) mass is 388 g/mol. The fourth-order valence-corrected chi connectivity index (χ4v) is 4.11. The maximum Gasteiger partial charge on any atom is 0.323 e. The highest BCUT2D eigenvalue weighted by molar-refractivity contribution is 5.83. The predicted molar refractivity (Wildman–Crippen MR) is 103 cm³/mol. The molecule has 0 saturated carbocycles. The molecule has 2 unspecified atom stereocenters. The third-order valence-electron chi connectivity index (χ3n) is 5.79. The first-order valence-corrected chi connectivity index (χ1v) is 9.81. The van der Waals surface area contributed by atoms with E-state index in [0.717, 1.165) is 23.3 Å². The molecule has 28 heavy (non-hydrogen) atoms. The van der Waals surface area contributed by atoms with Crippen molar-refractivity contribution in [1.29, 1.82) is 0 Å². The Bertz CT molecular complexity index is 760. The standard InChI is InChI=1S/C21H28N2O5/c1-13-9-16-11-19(28-18(16)10-14(13)2)21(27)22-7-4-5-17(6-8-22)23(15(3)24)12-20(25)26/h9-10,17,19H,4-8,11-12H2,1-3H3,(H,25,26). The number of likely N-dealkylation sites (tertiary alicyclic amines) is 1. The van der Waals surface area contributed by atoms with Crippen LogP contribution in [0.5, 0.6) is 5.75 Å². The molecule has 1 saturated heterocycles. The van der Waals surface area contributed by atoms with Crippen LogP contribution in [0.2, 0.25) is 0 Å². The molecule has 0 radical (unpaired) electrons. The number of aliphatic carboxylic acids is 1. The van der Waals surface area contributed by atoms with Crippen LogP contribution in [0, 0.1) is 13.8 Å². The number of carbonyl (C=O) groups excluding carboxylic acids is 2. The van der Waals surface area contributed by atoms with Crippen molar-refractivity contribution in [2.75, 3.05) is 19.6 Å². The number of hydrogen-bond donors (Lipinski definition) is 1. The molecule has 0 bridgehead atoms. The summed E-state index contributed by atoms with van der Waals surface area (Å²) in [5.74, 6) is -0.499. The lowest BCUT2D eigenvalue weighted by Gasteiger charge is -2.29. The van der Waals surface area contributed by atoms with Gasteiger partial charge in [0.15, 0.2) is 6.10 Å². The molecule has 1 N–H and O–H groups in total. The third kappa shape index (κ3) is 4.29. The fraction of sp³-hybridized carbons (Fsp3) is 0.571. The van der Waals surface area contributed by atoms with Gasteiger partial charge in [-0.05, 0) is 55.9 Å². The largest absolute Gasteiger partial charge is 0.480 e. The SMILES string of the molecule is CC(=O)N(CC(=O)O)C1CCCN(C(=O)C2Cc3cc(C)c(C)cc3O2)CC1. The van der Waals surface area contributed by atoms with Crippen molar-refractivity contribution in [1.82, 2.24) is 9.80 Å². The van der Waals surface area contributed by atoms with E-state index in [1.54, 1.807) is 4.90 Å². The van der Waals surface area contributed by atoms with Crippen LogP contribution in [0.15, 0.2) is 12.1 Å². The number of rotatable bonds is 4. The average Bonchev–Trinajstić information content (AvgIpc) is 2.87. The number of fused-ring (bicyclic) bond motifs is 1. The number of nitrogens with zero attached hydrogens (tertiary/aromatic N) is 2. The normalized spacial score (nSPS) is 21.5. The molecule has 7 nitrogen and oxygen atoms in total. The van der Waals surface area contributed by atoms with Crippen LogP contribution < -0.4 is 4.74 Å². The number of ether oxygens (including phenoxy) is 1. The number of hydrogen-bond acceptors (Lipinski definition) is 4. The summed E-state index contributed by atoms with van der Waals surface area (Å²) in [5, 5.41) is 9.07. The minimum atomic E-state index is -1.02. The van der Waals surface area contributed by atoms with E-state index < -0.39 is 12.1 Å². The van der Waals surface area contributed by atoms with Crippen LogP contribution in [0.25, 0.3) is 0 Å². The van der Waals surface area contributed by atoms with Gasteiger partial charge in [0.1, 0.15) is 12.3 Å². The van der Waals surface area contributed by atoms with Crippen molar-refractivity contribution in [2.24, 2.45) is 0 Å². The molecule has 2 amide bonds. The number of carboxylic acids is 1. The van der Waals surface area contributed by atoms with E-state index >= 15 is 0 Å². The lowest BCUT2D eigenvalue weighted by atomic mass is 10.0. The summed E-state index contributed by atoms with van der Waals surface area (Å²) < 4.78 is 5.93. The van der Waals surface area contributed by atoms with Gasteiger partial charge >= 0.3 is 5.97 Å². The molecule has 1 aromatic carbocycles. The van der Waals surface area contributed by atoms with Crippen LogP contribution in [-0.2, 0) is 20.8 Å². The Hall–Kier alpha value is -2.57. The Morgan fingerprint density at radius 1 is 1.18 bits per heavy atom. The Morgan fingerprint density at radius 2 is 1.89 bits per heavy atom. The summed E-state index contributed by atoms with van der Waals surface area (Å²) in [4.78, 5) is 39.1. The Kier molecular flexibility index (Phi) is 5.91. The number of amides is 2. The average molecular weight is 388 g/mol. The van der Waals surface area contributed by atoms with Gasteiger partial charge in [0.2, 0.25) is 5.91 Å². The maximum absolute atomic E-state index is 13.0. The highest BCUT2D eigenvalue weighted by Crippen LogP contribution is 2.32. The van der Waals surface area contributed by atoms with Crippen LogP contribution >= 0.6 is 0 Å². The maximum atomic E-state index is 13.0. The number of carbonyl (C=O) groups is 3. The lowest BCUT2D eigenvalue weighted by Crippen LogP contribution is -2.44. The third-order valence-corrected chi connectivity index (χ3v) is 5.79. The summed E-state index contributed by atoms with van der Waals surface area (Å²) in [6.45, 7) is 6.28. The first kappa shape index (κ1) is 20.2. The molecule has 3 rings (SSSR count). The zero-order valence-corrected chi connectivity index (χ0v) is 16.7. The van der Waals surface area contributed by atoms with Gasteiger partial charge in [-0.25, -0.2) is 0 Å². The summed E-state index contributed by atoms with van der Waals surface area (Å²) in [7, 11) is 0. The van der Waals surface area contributed by atoms with Crippen molar-refractivity contribution >= 4 is 17.8 Å². The number of benzene rings is 1. The van der Waals surface area contributed by atoms with Gasteiger partial charge in [-0.3, -0.25) is 14.4 Å². The van der Waals surface area contributed by atoms with Gasteiger partial charge < -0.3 is 19.6 Å². The van der Waals surface area contributed by atoms with Crippen LogP contribution in [0.3, 0.4) is 0 Å². The summed E-state index contributed by atoms with van der Waals surface area (Å²) in [6.07, 6.45) is 2.08. The van der Waals surface area contributed by atoms with E-state index in [1.807, 2.05) is 13.0 Å². The molecule has 2 aliphatic heterocycles. The van der Waals surface area contributed by atoms with Gasteiger partial charge in [-0.15, -0.1) is 0 Å². The molecule has 152 valence electrons. The second-order valence-corrected chi connectivity index (χ2v) is 7.81. The van der Waals surface area contributed by atoms with Gasteiger partial charge in [-0.1, -0.05) is 6.07 Å². The van der Waals surface area contributed by atoms with E-state index in [9.17, 15) is 14.4 Å². The van der Waals surface area contributed by atoms with Crippen molar-refractivity contribution < 1.29 is 24.2 Å². The van der Waals surface area contributed by atoms with Crippen LogP contribution in [0.4, 0.5) is 0 Å². The summed E-state index contributed by atoms with van der Waals surface area (Å²) >= 11 is 0. The first-order valence-electron chi connectivity index (χ1n) is 9.81. The Balaban J connectivity index is 1.63. The molecule has 7 heteroatoms. The van der Waals surface area contributed by atoms with Crippen molar-refractivity contribution in [2.45, 2.75) is 58.6 Å². The van der Waals surface area contributed by atoms with E-state index in [1.165, 1.54) is 17.4 Å². The van der Waals surface area contributed by atoms with E-state index in [0.29, 0.717) is 32.4 Å². The molecule has 0 aromatic heterocycles. The van der Waals surface area contributed by atoms with E-state index in [-0.39, 0.29) is 24.4 Å². The number of aryl methyl sites for hydroxylation is 2. The molecule has 0 aliphatic carbocycles. The minimum Gasteiger partial charge on any atom is -0.480 e. The first-order chi connectivity index (χ1) is 13.3. The fourth-order valence-electron chi connectivity index (χ4n) is 4.11. The summed E-state index contributed by atoms with van der Waals surface area (Å²) in [6, 6.07) is 3.93. The zero-order valence-electron chi connectivity index (χ0n) is 16.7. The summed E-state index contributed by atoms with van der Waals surface area (Å²) in [5.41, 5.74) is 3.40. The molecule has 1 aromatic rings. The molecule has 2 aliphatic rings. The topological polar surface area (TPSA) is 87.2 Å². The molecular weight excluding hydrogens is 360 g/mol. The second kappa shape index (κ2) is 8.20. The molecule has 2 heterocycles. The molecule has 1 fully saturated rings. The predicted octanol–water partition coefficient (Wildman–Crippen LogP) is 1.92. The van der Waals surface area contributed by atoms with E-state index in [2.05, 4.69) is 13.0 Å². The van der Waals surface area contributed by atoms with Gasteiger partial charge in [0.05, 0.1) is 0 Å². The zero-order chi connectivity index (χ0) is 20.4. The quantitative estimate of drug-likeness (QED) is 0.852. The van der Waals surface area contributed by atoms with Gasteiger partial charge in [-0.2, -0.15) is 0 Å². The van der Waals surface area contributed by atoms with Gasteiger partial charge in [0.25, 0.3) is 5.91 Å². The van der Waals surface area contributed by atoms with Crippen LogP contribution in [0.1, 0.15) is 42.9 Å². The van der Waals surface area contributed by atoms with E-state index in [4.69, 9.17) is 9.84 Å². The number of carboxylic acid groups (broad SMARTS) is 1. The molecular formula is C21H28N2O5.